The van der Waals surface area contributed by atoms with Gasteiger partial charge in [0.1, 0.15) is 5.88 Å². The molecule has 0 heterocycles. The maximum Gasteiger partial charge on any atom is 0.246 e. The van der Waals surface area contributed by atoms with Crippen LogP contribution in [0.5, 0.6) is 0 Å². The van der Waals surface area contributed by atoms with Gasteiger partial charge in [0.05, 0.1) is 4.90 Å². The molecule has 1 aromatic rings. The average Bonchev–Trinajstić information content (AvgIpc) is 2.19. The van der Waals surface area contributed by atoms with Crippen LogP contribution in [-0.2, 0) is 15.8 Å². The highest BCUT2D eigenvalue weighted by Crippen LogP contribution is 2.02. The molecule has 1 rings (SSSR count). The minimum atomic E-state index is -1.50. The fourth-order valence-electron chi connectivity index (χ4n) is 0.734. The SMILES string of the molecule is O=C(CCl)NS(=O)c1ccccc1. The molecule has 1 aromatic carbocycles. The first kappa shape index (κ1) is 10.2. The molecule has 1 unspecified atom stereocenters. The topological polar surface area (TPSA) is 46.2 Å². The lowest BCUT2D eigenvalue weighted by molar-refractivity contribution is -0.116. The van der Waals surface area contributed by atoms with Crippen molar-refractivity contribution in [1.29, 1.82) is 0 Å². The number of benzene rings is 1. The monoisotopic (exact) mass is 217 g/mol. The van der Waals surface area contributed by atoms with Gasteiger partial charge in [-0.05, 0) is 12.1 Å². The molecular weight excluding hydrogens is 210 g/mol. The predicted octanol–water partition coefficient (Wildman–Crippen LogP) is 1.06. The number of carbonyl (C=O) groups is 1. The summed E-state index contributed by atoms with van der Waals surface area (Å²) in [4.78, 5) is 11.3. The number of hydrogen-bond donors (Lipinski definition) is 1. The van der Waals surface area contributed by atoms with Gasteiger partial charge in [0.25, 0.3) is 0 Å². The van der Waals surface area contributed by atoms with Gasteiger partial charge in [-0.15, -0.1) is 11.6 Å². The molecule has 5 heteroatoms. The van der Waals surface area contributed by atoms with Crippen molar-refractivity contribution in [3.8, 4) is 0 Å². The van der Waals surface area contributed by atoms with Gasteiger partial charge in [-0.3, -0.25) is 9.52 Å². The maximum atomic E-state index is 11.3. The molecule has 0 aliphatic heterocycles. The van der Waals surface area contributed by atoms with Crippen LogP contribution in [0.2, 0.25) is 0 Å². The van der Waals surface area contributed by atoms with Crippen molar-refractivity contribution >= 4 is 28.5 Å². The van der Waals surface area contributed by atoms with Gasteiger partial charge in [0.2, 0.25) is 5.91 Å². The summed E-state index contributed by atoms with van der Waals surface area (Å²) in [7, 11) is -1.50. The molecule has 1 amide bonds. The Balaban J connectivity index is 2.65. The molecule has 1 N–H and O–H groups in total. The van der Waals surface area contributed by atoms with Crippen LogP contribution in [0.1, 0.15) is 0 Å². The molecule has 3 nitrogen and oxygen atoms in total. The summed E-state index contributed by atoms with van der Waals surface area (Å²) in [5.74, 6) is -0.623. The van der Waals surface area contributed by atoms with Gasteiger partial charge in [-0.25, -0.2) is 4.21 Å². The highest BCUT2D eigenvalue weighted by Gasteiger charge is 2.05. The van der Waals surface area contributed by atoms with Gasteiger partial charge < -0.3 is 0 Å². The Kier molecular flexibility index (Phi) is 3.92. The van der Waals surface area contributed by atoms with Gasteiger partial charge in [-0.2, -0.15) is 0 Å². The van der Waals surface area contributed by atoms with Crippen molar-refractivity contribution in [3.63, 3.8) is 0 Å². The molecule has 0 fully saturated rings. The maximum absolute atomic E-state index is 11.3. The summed E-state index contributed by atoms with van der Waals surface area (Å²) in [5.41, 5.74) is 0. The lowest BCUT2D eigenvalue weighted by Crippen LogP contribution is -2.26. The van der Waals surface area contributed by atoms with E-state index in [2.05, 4.69) is 4.72 Å². The smallest absolute Gasteiger partial charge is 0.246 e. The number of nitrogens with one attached hydrogen (secondary N) is 1. The van der Waals surface area contributed by atoms with Crippen LogP contribution in [0.25, 0.3) is 0 Å². The predicted molar refractivity (Wildman–Crippen MR) is 51.7 cm³/mol. The number of rotatable bonds is 3. The Morgan fingerprint density at radius 3 is 2.54 bits per heavy atom. The number of amides is 1. The molecule has 0 saturated carbocycles. The van der Waals surface area contributed by atoms with E-state index in [1.54, 1.807) is 24.3 Å². The van der Waals surface area contributed by atoms with E-state index < -0.39 is 16.9 Å². The first-order valence-electron chi connectivity index (χ1n) is 3.56. The zero-order chi connectivity index (χ0) is 9.68. The first-order chi connectivity index (χ1) is 6.24. The van der Waals surface area contributed by atoms with Crippen LogP contribution in [0, 0.1) is 0 Å². The van der Waals surface area contributed by atoms with Crippen LogP contribution >= 0.6 is 11.6 Å². The summed E-state index contributed by atoms with van der Waals surface area (Å²) in [5, 5.41) is 0. The molecular formula is C8H8ClNO2S. The normalized spacial score (nSPS) is 12.1. The van der Waals surface area contributed by atoms with E-state index in [4.69, 9.17) is 11.6 Å². The van der Waals surface area contributed by atoms with Gasteiger partial charge in [0, 0.05) is 0 Å². The Hall–Kier alpha value is -0.870. The molecule has 0 bridgehead atoms. The van der Waals surface area contributed by atoms with E-state index in [1.165, 1.54) is 0 Å². The third-order valence-corrected chi connectivity index (χ3v) is 2.64. The van der Waals surface area contributed by atoms with Crippen molar-refractivity contribution in [2.75, 3.05) is 5.88 Å². The standard InChI is InChI=1S/C8H8ClNO2S/c9-6-8(11)10-13(12)7-4-2-1-3-5-7/h1-5H,6H2,(H,10,11). The Labute approximate surface area is 83.7 Å². The highest BCUT2D eigenvalue weighted by molar-refractivity contribution is 7.83. The molecule has 70 valence electrons. The molecule has 0 aliphatic rings. The van der Waals surface area contributed by atoms with Crippen molar-refractivity contribution < 1.29 is 9.00 Å². The zero-order valence-corrected chi connectivity index (χ0v) is 8.27. The molecule has 0 aromatic heterocycles. The van der Waals surface area contributed by atoms with Crippen LogP contribution in [0.3, 0.4) is 0 Å². The van der Waals surface area contributed by atoms with Gasteiger partial charge in [-0.1, -0.05) is 18.2 Å². The minimum absolute atomic E-state index is 0.182. The summed E-state index contributed by atoms with van der Waals surface area (Å²) in [6.07, 6.45) is 0. The Morgan fingerprint density at radius 1 is 1.38 bits per heavy atom. The molecule has 0 radical (unpaired) electrons. The second-order valence-electron chi connectivity index (χ2n) is 2.24. The fraction of sp³-hybridized carbons (Fsp3) is 0.125. The van der Waals surface area contributed by atoms with E-state index in [0.29, 0.717) is 4.90 Å². The largest absolute Gasteiger partial charge is 0.273 e. The van der Waals surface area contributed by atoms with Crippen molar-refractivity contribution in [2.45, 2.75) is 4.90 Å². The van der Waals surface area contributed by atoms with Gasteiger partial charge in [0.15, 0.2) is 11.0 Å². The summed E-state index contributed by atoms with van der Waals surface area (Å²) in [6, 6.07) is 8.65. The molecule has 0 spiro atoms. The summed E-state index contributed by atoms with van der Waals surface area (Å²) < 4.78 is 13.6. The van der Waals surface area contributed by atoms with E-state index in [-0.39, 0.29) is 5.88 Å². The summed E-state index contributed by atoms with van der Waals surface area (Å²) in [6.45, 7) is 0. The fourth-order valence-corrected chi connectivity index (χ4v) is 1.68. The number of carbonyl (C=O) groups excluding carboxylic acids is 1. The molecule has 13 heavy (non-hydrogen) atoms. The second-order valence-corrected chi connectivity index (χ2v) is 3.72. The minimum Gasteiger partial charge on any atom is -0.273 e. The first-order valence-corrected chi connectivity index (χ1v) is 5.24. The average molecular weight is 218 g/mol. The zero-order valence-electron chi connectivity index (χ0n) is 6.70. The van der Waals surface area contributed by atoms with Crippen molar-refractivity contribution in [3.05, 3.63) is 30.3 Å². The lowest BCUT2D eigenvalue weighted by Gasteiger charge is -2.01. The molecule has 0 aliphatic carbocycles. The van der Waals surface area contributed by atoms with Crippen molar-refractivity contribution in [1.82, 2.24) is 4.72 Å². The highest BCUT2D eigenvalue weighted by atomic mass is 35.5. The Bertz CT molecular complexity index is 315. The second kappa shape index (κ2) is 4.99. The number of alkyl halides is 1. The lowest BCUT2D eigenvalue weighted by atomic mass is 10.4. The van der Waals surface area contributed by atoms with Gasteiger partial charge >= 0.3 is 0 Å². The summed E-state index contributed by atoms with van der Waals surface area (Å²) >= 11 is 5.24. The van der Waals surface area contributed by atoms with Crippen LogP contribution < -0.4 is 4.72 Å². The van der Waals surface area contributed by atoms with Crippen LogP contribution in [0.15, 0.2) is 35.2 Å². The Morgan fingerprint density at radius 2 is 2.00 bits per heavy atom. The van der Waals surface area contributed by atoms with E-state index >= 15 is 0 Å². The van der Waals surface area contributed by atoms with Crippen molar-refractivity contribution in [2.24, 2.45) is 0 Å². The molecule has 1 atom stereocenters. The van der Waals surface area contributed by atoms with E-state index in [1.807, 2.05) is 6.07 Å². The molecule has 0 saturated heterocycles. The van der Waals surface area contributed by atoms with E-state index in [0.717, 1.165) is 0 Å². The number of halogens is 1. The van der Waals surface area contributed by atoms with E-state index in [9.17, 15) is 9.00 Å². The number of hydrogen-bond acceptors (Lipinski definition) is 2. The third-order valence-electron chi connectivity index (χ3n) is 1.29. The van der Waals surface area contributed by atoms with Crippen LogP contribution in [-0.4, -0.2) is 16.0 Å². The third kappa shape index (κ3) is 3.16. The van der Waals surface area contributed by atoms with Crippen LogP contribution in [0.4, 0.5) is 0 Å². The quantitative estimate of drug-likeness (QED) is 0.770.